The first-order valence-electron chi connectivity index (χ1n) is 10.6. The molecule has 3 aromatic rings. The van der Waals surface area contributed by atoms with Crippen LogP contribution in [0.25, 0.3) is 0 Å². The van der Waals surface area contributed by atoms with Gasteiger partial charge in [-0.15, -0.1) is 0 Å². The van der Waals surface area contributed by atoms with Crippen LogP contribution in [0, 0.1) is 5.92 Å². The van der Waals surface area contributed by atoms with E-state index in [1.807, 2.05) is 30.3 Å². The van der Waals surface area contributed by atoms with Crippen LogP contribution in [0.3, 0.4) is 0 Å². The number of hydrogen-bond donors (Lipinski definition) is 1. The number of amides is 1. The van der Waals surface area contributed by atoms with Gasteiger partial charge in [0, 0.05) is 31.6 Å². The van der Waals surface area contributed by atoms with Crippen molar-refractivity contribution in [3.8, 4) is 0 Å². The van der Waals surface area contributed by atoms with Crippen molar-refractivity contribution in [3.05, 3.63) is 83.0 Å². The molecular weight excluding hydrogens is 376 g/mol. The normalized spacial score (nSPS) is 23.5. The minimum atomic E-state index is -0.386. The van der Waals surface area contributed by atoms with E-state index < -0.39 is 0 Å². The number of rotatable bonds is 6. The summed E-state index contributed by atoms with van der Waals surface area (Å²) >= 11 is 0. The summed E-state index contributed by atoms with van der Waals surface area (Å²) in [6.45, 7) is 2.72. The first kappa shape index (κ1) is 19.0. The third-order valence-electron chi connectivity index (χ3n) is 6.66. The highest BCUT2D eigenvalue weighted by molar-refractivity contribution is 5.92. The highest BCUT2D eigenvalue weighted by Gasteiger charge is 2.54. The van der Waals surface area contributed by atoms with Gasteiger partial charge >= 0.3 is 0 Å². The average molecular weight is 402 g/mol. The lowest BCUT2D eigenvalue weighted by atomic mass is 9.80. The molecule has 1 saturated heterocycles. The van der Waals surface area contributed by atoms with E-state index in [0.717, 1.165) is 43.3 Å². The summed E-state index contributed by atoms with van der Waals surface area (Å²) in [6.07, 6.45) is 4.16. The minimum Gasteiger partial charge on any atom is -0.366 e. The number of benzene rings is 2. The Balaban J connectivity index is 1.34. The van der Waals surface area contributed by atoms with Gasteiger partial charge in [0.25, 0.3) is 0 Å². The zero-order valence-electron chi connectivity index (χ0n) is 17.0. The second-order valence-corrected chi connectivity index (χ2v) is 8.66. The summed E-state index contributed by atoms with van der Waals surface area (Å²) in [5, 5.41) is 4.30. The third kappa shape index (κ3) is 3.52. The maximum atomic E-state index is 11.5. The van der Waals surface area contributed by atoms with Gasteiger partial charge in [-0.05, 0) is 42.0 Å². The van der Waals surface area contributed by atoms with Crippen LogP contribution in [0.2, 0.25) is 0 Å². The maximum Gasteiger partial charge on any atom is 0.248 e. The van der Waals surface area contributed by atoms with Crippen LogP contribution in [-0.4, -0.2) is 34.0 Å². The zero-order chi connectivity index (χ0) is 20.6. The van der Waals surface area contributed by atoms with E-state index in [0.29, 0.717) is 17.9 Å². The van der Waals surface area contributed by atoms with Gasteiger partial charge in [0.15, 0.2) is 5.82 Å². The SMILES string of the molecule is NC(=O)c1cccc(CN2C[C@H]3CCC[C@@]3(c3nc(Cc4ccccc4)no3)C2)c1. The molecule has 154 valence electrons. The van der Waals surface area contributed by atoms with Gasteiger partial charge in [-0.1, -0.05) is 54.0 Å². The van der Waals surface area contributed by atoms with Gasteiger partial charge in [-0.3, -0.25) is 9.69 Å². The van der Waals surface area contributed by atoms with Crippen molar-refractivity contribution in [2.75, 3.05) is 13.1 Å². The largest absolute Gasteiger partial charge is 0.366 e. The smallest absolute Gasteiger partial charge is 0.248 e. The van der Waals surface area contributed by atoms with Gasteiger partial charge in [0.05, 0.1) is 5.41 Å². The van der Waals surface area contributed by atoms with Gasteiger partial charge in [-0.25, -0.2) is 0 Å². The molecule has 1 aliphatic heterocycles. The Morgan fingerprint density at radius 2 is 2.00 bits per heavy atom. The van der Waals surface area contributed by atoms with Gasteiger partial charge in [0.2, 0.25) is 11.8 Å². The van der Waals surface area contributed by atoms with Gasteiger partial charge in [-0.2, -0.15) is 4.98 Å². The summed E-state index contributed by atoms with van der Waals surface area (Å²) < 4.78 is 5.83. The van der Waals surface area contributed by atoms with E-state index in [9.17, 15) is 4.79 Å². The molecule has 2 aliphatic rings. The molecule has 1 amide bonds. The van der Waals surface area contributed by atoms with Crippen molar-refractivity contribution >= 4 is 5.91 Å². The van der Waals surface area contributed by atoms with E-state index >= 15 is 0 Å². The fourth-order valence-corrected chi connectivity index (χ4v) is 5.25. The number of hydrogen-bond acceptors (Lipinski definition) is 5. The molecule has 6 heteroatoms. The Morgan fingerprint density at radius 3 is 2.83 bits per heavy atom. The second-order valence-electron chi connectivity index (χ2n) is 8.66. The number of aromatic nitrogens is 2. The zero-order valence-corrected chi connectivity index (χ0v) is 17.0. The number of primary amides is 1. The first-order valence-corrected chi connectivity index (χ1v) is 10.6. The molecule has 0 spiro atoms. The number of fused-ring (bicyclic) bond motifs is 1. The molecule has 0 radical (unpaired) electrons. The van der Waals surface area contributed by atoms with Crippen molar-refractivity contribution in [1.82, 2.24) is 15.0 Å². The van der Waals surface area contributed by atoms with Crippen LogP contribution >= 0.6 is 0 Å². The van der Waals surface area contributed by atoms with E-state index in [4.69, 9.17) is 15.2 Å². The summed E-state index contributed by atoms with van der Waals surface area (Å²) in [5.41, 5.74) is 8.24. The number of carbonyl (C=O) groups is 1. The highest BCUT2D eigenvalue weighted by Crippen LogP contribution is 2.50. The summed E-state index contributed by atoms with van der Waals surface area (Å²) in [4.78, 5) is 18.8. The summed E-state index contributed by atoms with van der Waals surface area (Å²) in [6, 6.07) is 17.9. The quantitative estimate of drug-likeness (QED) is 0.684. The Bertz CT molecular complexity index is 1050. The minimum absolute atomic E-state index is 0.0523. The van der Waals surface area contributed by atoms with Crippen LogP contribution in [0.4, 0.5) is 0 Å². The predicted octanol–water partition coefficient (Wildman–Crippen LogP) is 3.31. The highest BCUT2D eigenvalue weighted by atomic mass is 16.5. The number of nitrogens with zero attached hydrogens (tertiary/aromatic N) is 3. The van der Waals surface area contributed by atoms with E-state index in [-0.39, 0.29) is 11.3 Å². The Hall–Kier alpha value is -2.99. The number of likely N-dealkylation sites (tertiary alicyclic amines) is 1. The molecule has 2 fully saturated rings. The molecule has 1 aliphatic carbocycles. The first-order chi connectivity index (χ1) is 14.6. The predicted molar refractivity (Wildman–Crippen MR) is 113 cm³/mol. The molecule has 0 bridgehead atoms. The molecule has 2 heterocycles. The van der Waals surface area contributed by atoms with Crippen LogP contribution in [-0.2, 0) is 18.4 Å². The molecule has 2 aromatic carbocycles. The fourth-order valence-electron chi connectivity index (χ4n) is 5.25. The van der Waals surface area contributed by atoms with Gasteiger partial charge in [0.1, 0.15) is 0 Å². The molecule has 0 unspecified atom stereocenters. The molecule has 1 saturated carbocycles. The van der Waals surface area contributed by atoms with Crippen molar-refractivity contribution in [3.63, 3.8) is 0 Å². The Labute approximate surface area is 176 Å². The lowest BCUT2D eigenvalue weighted by Crippen LogP contribution is -2.32. The molecule has 2 N–H and O–H groups in total. The van der Waals surface area contributed by atoms with E-state index in [1.54, 1.807) is 6.07 Å². The standard InChI is InChI=1S/C24H26N4O2/c25-22(29)19-9-4-8-18(12-19)14-28-15-20-10-5-11-24(20,16-28)23-26-21(27-30-23)13-17-6-2-1-3-7-17/h1-4,6-9,12,20H,5,10-11,13-16H2,(H2,25,29)/t20-,24-/m1/s1. The maximum absolute atomic E-state index is 11.5. The Morgan fingerprint density at radius 1 is 1.17 bits per heavy atom. The fraction of sp³-hybridized carbons (Fsp3) is 0.375. The summed E-state index contributed by atoms with van der Waals surface area (Å²) in [7, 11) is 0. The molecule has 1 aromatic heterocycles. The van der Waals surface area contributed by atoms with Crippen molar-refractivity contribution in [1.29, 1.82) is 0 Å². The average Bonchev–Trinajstić information content (AvgIpc) is 3.44. The van der Waals surface area contributed by atoms with Crippen LogP contribution in [0.1, 0.15) is 52.5 Å². The molecular formula is C24H26N4O2. The van der Waals surface area contributed by atoms with E-state index in [2.05, 4.69) is 28.3 Å². The van der Waals surface area contributed by atoms with E-state index in [1.165, 1.54) is 18.4 Å². The number of carbonyl (C=O) groups excluding carboxylic acids is 1. The van der Waals surface area contributed by atoms with Crippen molar-refractivity contribution in [2.45, 2.75) is 37.6 Å². The summed E-state index contributed by atoms with van der Waals surface area (Å²) in [5.74, 6) is 1.69. The van der Waals surface area contributed by atoms with Crippen LogP contribution in [0.5, 0.6) is 0 Å². The number of nitrogens with two attached hydrogens (primary N) is 1. The van der Waals surface area contributed by atoms with Crippen LogP contribution in [0.15, 0.2) is 59.1 Å². The Kier molecular flexibility index (Phi) is 4.87. The lowest BCUT2D eigenvalue weighted by molar-refractivity contribution is 0.1000. The monoisotopic (exact) mass is 402 g/mol. The van der Waals surface area contributed by atoms with Crippen molar-refractivity contribution in [2.24, 2.45) is 11.7 Å². The third-order valence-corrected chi connectivity index (χ3v) is 6.66. The van der Waals surface area contributed by atoms with Crippen LogP contribution < -0.4 is 5.73 Å². The topological polar surface area (TPSA) is 85.3 Å². The second kappa shape index (κ2) is 7.69. The molecule has 5 rings (SSSR count). The molecule has 30 heavy (non-hydrogen) atoms. The lowest BCUT2D eigenvalue weighted by Gasteiger charge is -2.24. The molecule has 2 atom stereocenters. The van der Waals surface area contributed by atoms with Gasteiger partial charge < -0.3 is 10.3 Å². The molecule has 6 nitrogen and oxygen atoms in total. The van der Waals surface area contributed by atoms with Crippen molar-refractivity contribution < 1.29 is 9.32 Å².